The van der Waals surface area contributed by atoms with E-state index in [1.54, 1.807) is 12.4 Å². The summed E-state index contributed by atoms with van der Waals surface area (Å²) in [6.45, 7) is 4.56. The van der Waals surface area contributed by atoms with Gasteiger partial charge < -0.3 is 14.7 Å². The molecule has 0 radical (unpaired) electrons. The van der Waals surface area contributed by atoms with Crippen LogP contribution in [0.2, 0.25) is 0 Å². The molecule has 2 N–H and O–H groups in total. The van der Waals surface area contributed by atoms with Crippen LogP contribution in [-0.2, 0) is 4.74 Å². The van der Waals surface area contributed by atoms with Crippen molar-refractivity contribution in [1.82, 2.24) is 49.1 Å². The first-order chi connectivity index (χ1) is 19.2. The molecule has 6 atom stereocenters. The standard InChI is InChI=1S/C28H32N10O/c1-3-15-9-17(11-19(15)27-35-33-23-13-31-25-21(37(23)27)5-7-29-25)39-18-10-16(4-2)20(12-18)28-36-34-24-14-32-26-22(38(24)28)6-8-30-26/h5-8,13-20,29-30H,3-4,9-12H2,1-2H3/t15-,16-,17-,18-,19+,20+/m1/s1. The van der Waals surface area contributed by atoms with Crippen LogP contribution in [0.25, 0.3) is 33.6 Å². The highest BCUT2D eigenvalue weighted by molar-refractivity contribution is 5.75. The Morgan fingerprint density at radius 3 is 1.67 bits per heavy atom. The number of nitrogens with zero attached hydrogens (tertiary/aromatic N) is 8. The van der Waals surface area contributed by atoms with Crippen LogP contribution < -0.4 is 0 Å². The molecule has 2 saturated carbocycles. The first kappa shape index (κ1) is 23.1. The van der Waals surface area contributed by atoms with Crippen LogP contribution in [0.15, 0.2) is 36.9 Å². The fraction of sp³-hybridized carbons (Fsp3) is 0.500. The summed E-state index contributed by atoms with van der Waals surface area (Å²) >= 11 is 0. The summed E-state index contributed by atoms with van der Waals surface area (Å²) in [7, 11) is 0. The van der Waals surface area contributed by atoms with E-state index in [-0.39, 0.29) is 12.2 Å². The van der Waals surface area contributed by atoms with Gasteiger partial charge in [0.25, 0.3) is 0 Å². The normalized spacial score (nSPS) is 27.6. The summed E-state index contributed by atoms with van der Waals surface area (Å²) in [6.07, 6.45) is 14.1. The van der Waals surface area contributed by atoms with Crippen molar-refractivity contribution < 1.29 is 4.74 Å². The Morgan fingerprint density at radius 1 is 0.718 bits per heavy atom. The number of ether oxygens (including phenoxy) is 1. The van der Waals surface area contributed by atoms with Crippen molar-refractivity contribution in [3.63, 3.8) is 0 Å². The lowest BCUT2D eigenvalue weighted by atomic mass is 9.93. The van der Waals surface area contributed by atoms with Gasteiger partial charge in [0.2, 0.25) is 0 Å². The topological polar surface area (TPSA) is 127 Å². The predicted molar refractivity (Wildman–Crippen MR) is 145 cm³/mol. The maximum atomic E-state index is 6.91. The van der Waals surface area contributed by atoms with E-state index in [0.717, 1.165) is 83.8 Å². The maximum Gasteiger partial charge on any atom is 0.179 e. The van der Waals surface area contributed by atoms with E-state index in [2.05, 4.69) is 75.1 Å². The molecule has 200 valence electrons. The lowest BCUT2D eigenvalue weighted by Gasteiger charge is -2.18. The van der Waals surface area contributed by atoms with Crippen LogP contribution in [-0.4, -0.2) is 61.3 Å². The monoisotopic (exact) mass is 524 g/mol. The number of rotatable bonds is 6. The Balaban J connectivity index is 1.06. The highest BCUT2D eigenvalue weighted by Gasteiger charge is 2.42. The summed E-state index contributed by atoms with van der Waals surface area (Å²) < 4.78 is 11.3. The lowest BCUT2D eigenvalue weighted by Crippen LogP contribution is -2.18. The lowest BCUT2D eigenvalue weighted by molar-refractivity contribution is -0.00877. The summed E-state index contributed by atoms with van der Waals surface area (Å²) in [4.78, 5) is 15.4. The third kappa shape index (κ3) is 3.52. The zero-order valence-corrected chi connectivity index (χ0v) is 22.2. The maximum absolute atomic E-state index is 6.91. The number of hydrogen-bond donors (Lipinski definition) is 2. The predicted octanol–water partition coefficient (Wildman–Crippen LogP) is 4.79. The largest absolute Gasteiger partial charge is 0.375 e. The van der Waals surface area contributed by atoms with Crippen molar-refractivity contribution in [3.05, 3.63) is 48.6 Å². The molecule has 11 heteroatoms. The summed E-state index contributed by atoms with van der Waals surface area (Å²) in [5.41, 5.74) is 5.38. The van der Waals surface area contributed by atoms with Gasteiger partial charge in [-0.05, 0) is 49.7 Å². The molecule has 2 fully saturated rings. The fourth-order valence-electron chi connectivity index (χ4n) is 7.45. The number of nitrogens with one attached hydrogen (secondary N) is 2. The highest BCUT2D eigenvalue weighted by atomic mass is 16.5. The zero-order chi connectivity index (χ0) is 26.1. The molecule has 6 aromatic rings. The molecule has 2 aliphatic rings. The first-order valence-electron chi connectivity index (χ1n) is 14.2. The van der Waals surface area contributed by atoms with Crippen LogP contribution in [0.1, 0.15) is 75.9 Å². The molecule has 6 heterocycles. The molecule has 0 saturated heterocycles. The Kier molecular flexibility index (Phi) is 5.23. The van der Waals surface area contributed by atoms with Crippen molar-refractivity contribution >= 4 is 33.6 Å². The summed E-state index contributed by atoms with van der Waals surface area (Å²) in [6, 6.07) is 4.11. The molecule has 0 spiro atoms. The smallest absolute Gasteiger partial charge is 0.179 e. The first-order valence-corrected chi connectivity index (χ1v) is 14.2. The van der Waals surface area contributed by atoms with Crippen LogP contribution in [0.4, 0.5) is 0 Å². The number of H-pyrrole nitrogens is 2. The van der Waals surface area contributed by atoms with Gasteiger partial charge in [-0.15, -0.1) is 20.4 Å². The van der Waals surface area contributed by atoms with Crippen LogP contribution >= 0.6 is 0 Å². The number of aromatic nitrogens is 10. The molecule has 0 aliphatic heterocycles. The number of fused-ring (bicyclic) bond motifs is 6. The van der Waals surface area contributed by atoms with Gasteiger partial charge in [0.05, 0.1) is 35.6 Å². The molecule has 0 unspecified atom stereocenters. The average molecular weight is 525 g/mol. The third-order valence-electron chi connectivity index (χ3n) is 9.33. The molecule has 39 heavy (non-hydrogen) atoms. The fourth-order valence-corrected chi connectivity index (χ4v) is 7.45. The minimum Gasteiger partial charge on any atom is -0.375 e. The van der Waals surface area contributed by atoms with Gasteiger partial charge in [0.1, 0.15) is 11.6 Å². The minimum atomic E-state index is 0.216. The molecule has 0 aromatic carbocycles. The van der Waals surface area contributed by atoms with Crippen molar-refractivity contribution in [1.29, 1.82) is 0 Å². The van der Waals surface area contributed by atoms with E-state index in [4.69, 9.17) is 4.74 Å². The van der Waals surface area contributed by atoms with Crippen molar-refractivity contribution in [2.45, 2.75) is 76.4 Å². The quantitative estimate of drug-likeness (QED) is 0.321. The molecule has 11 nitrogen and oxygen atoms in total. The molecular formula is C28H32N10O. The SMILES string of the molecule is CC[C@@H]1C[C@@H](O[C@@H]2C[C@@H](CC)[C@@H](c3nnc4cnc5[nH]ccc5n34)C2)C[C@@H]1c1nnc2cnc3[nH]ccc3n12. The van der Waals surface area contributed by atoms with Crippen LogP contribution in [0.5, 0.6) is 0 Å². The minimum absolute atomic E-state index is 0.216. The Hall–Kier alpha value is -3.86. The average Bonchev–Trinajstić information content (AvgIpc) is 3.78. The van der Waals surface area contributed by atoms with Gasteiger partial charge in [0.15, 0.2) is 22.6 Å². The third-order valence-corrected chi connectivity index (χ3v) is 9.33. The highest BCUT2D eigenvalue weighted by Crippen LogP contribution is 2.47. The van der Waals surface area contributed by atoms with Crippen LogP contribution in [0, 0.1) is 11.8 Å². The molecule has 0 bridgehead atoms. The van der Waals surface area contributed by atoms with Gasteiger partial charge in [-0.25, -0.2) is 9.97 Å². The van der Waals surface area contributed by atoms with E-state index < -0.39 is 0 Å². The molecule has 8 rings (SSSR count). The Labute approximate surface area is 224 Å². The Morgan fingerprint density at radius 2 is 1.21 bits per heavy atom. The van der Waals surface area contributed by atoms with Crippen molar-refractivity contribution in [2.75, 3.05) is 0 Å². The van der Waals surface area contributed by atoms with E-state index >= 15 is 0 Å². The molecular weight excluding hydrogens is 492 g/mol. The second-order valence-electron chi connectivity index (χ2n) is 11.3. The second-order valence-corrected chi connectivity index (χ2v) is 11.3. The zero-order valence-electron chi connectivity index (χ0n) is 22.2. The van der Waals surface area contributed by atoms with Crippen molar-refractivity contribution in [2.24, 2.45) is 11.8 Å². The Bertz CT molecular complexity index is 1670. The number of aromatic amines is 2. The van der Waals surface area contributed by atoms with E-state index in [1.165, 1.54) is 0 Å². The van der Waals surface area contributed by atoms with E-state index in [1.807, 2.05) is 12.4 Å². The van der Waals surface area contributed by atoms with E-state index in [0.29, 0.717) is 23.7 Å². The van der Waals surface area contributed by atoms with E-state index in [9.17, 15) is 0 Å². The number of hydrogen-bond acceptors (Lipinski definition) is 7. The van der Waals surface area contributed by atoms with Gasteiger partial charge >= 0.3 is 0 Å². The van der Waals surface area contributed by atoms with Gasteiger partial charge in [-0.3, -0.25) is 8.80 Å². The van der Waals surface area contributed by atoms with Gasteiger partial charge in [0, 0.05) is 24.2 Å². The molecule has 6 aromatic heterocycles. The van der Waals surface area contributed by atoms with Crippen LogP contribution in [0.3, 0.4) is 0 Å². The summed E-state index contributed by atoms with van der Waals surface area (Å²) in [5, 5.41) is 18.3. The van der Waals surface area contributed by atoms with Gasteiger partial charge in [-0.1, -0.05) is 26.7 Å². The summed E-state index contributed by atoms with van der Waals surface area (Å²) in [5.74, 6) is 3.71. The molecule has 0 amide bonds. The van der Waals surface area contributed by atoms with Gasteiger partial charge in [-0.2, -0.15) is 0 Å². The second kappa shape index (κ2) is 8.84. The van der Waals surface area contributed by atoms with Crippen molar-refractivity contribution in [3.8, 4) is 0 Å². The molecule has 2 aliphatic carbocycles.